The summed E-state index contributed by atoms with van der Waals surface area (Å²) >= 11 is 5.87. The predicted molar refractivity (Wildman–Crippen MR) is 78.1 cm³/mol. The van der Waals surface area contributed by atoms with Crippen molar-refractivity contribution in [2.45, 2.75) is 6.54 Å². The highest BCUT2D eigenvalue weighted by Gasteiger charge is 2.15. The second-order valence-electron chi connectivity index (χ2n) is 4.52. The normalized spacial score (nSPS) is 10.3. The first-order valence-corrected chi connectivity index (χ1v) is 6.40. The fraction of sp³-hybridized carbons (Fsp3) is 0.133. The van der Waals surface area contributed by atoms with Crippen molar-refractivity contribution in [1.82, 2.24) is 4.90 Å². The lowest BCUT2D eigenvalue weighted by atomic mass is 10.1. The largest absolute Gasteiger partial charge is 0.398 e. The first kappa shape index (κ1) is 14.3. The maximum atomic E-state index is 13.1. The van der Waals surface area contributed by atoms with Gasteiger partial charge in [-0.1, -0.05) is 23.7 Å². The Morgan fingerprint density at radius 1 is 1.30 bits per heavy atom. The van der Waals surface area contributed by atoms with Crippen LogP contribution in [-0.4, -0.2) is 17.9 Å². The zero-order chi connectivity index (χ0) is 14.7. The van der Waals surface area contributed by atoms with Gasteiger partial charge >= 0.3 is 0 Å². The second-order valence-corrected chi connectivity index (χ2v) is 4.96. The van der Waals surface area contributed by atoms with Crippen molar-refractivity contribution in [2.75, 3.05) is 12.8 Å². The van der Waals surface area contributed by atoms with Crippen LogP contribution in [0.5, 0.6) is 0 Å². The number of carbonyl (C=O) groups is 1. The smallest absolute Gasteiger partial charge is 0.256 e. The molecule has 0 unspecified atom stereocenters. The zero-order valence-corrected chi connectivity index (χ0v) is 11.7. The molecule has 0 aliphatic rings. The van der Waals surface area contributed by atoms with E-state index >= 15 is 0 Å². The Bertz CT molecular complexity index is 646. The Morgan fingerprint density at radius 3 is 2.75 bits per heavy atom. The molecule has 2 rings (SSSR count). The lowest BCUT2D eigenvalue weighted by molar-refractivity contribution is 0.0786. The highest BCUT2D eigenvalue weighted by atomic mass is 35.5. The Kier molecular flexibility index (Phi) is 4.25. The first-order valence-electron chi connectivity index (χ1n) is 6.02. The SMILES string of the molecule is CN(Cc1cccc(F)c1)C(=O)c1cc(Cl)ccc1N. The standard InChI is InChI=1S/C15H14ClFN2O/c1-19(9-10-3-2-4-12(17)7-10)15(20)13-8-11(16)5-6-14(13)18/h2-8H,9,18H2,1H3. The van der Waals surface area contributed by atoms with E-state index in [1.165, 1.54) is 23.1 Å². The molecular weight excluding hydrogens is 279 g/mol. The van der Waals surface area contributed by atoms with Gasteiger partial charge in [0.25, 0.3) is 5.91 Å². The van der Waals surface area contributed by atoms with Crippen molar-refractivity contribution < 1.29 is 9.18 Å². The van der Waals surface area contributed by atoms with E-state index in [0.717, 1.165) is 0 Å². The monoisotopic (exact) mass is 292 g/mol. The maximum absolute atomic E-state index is 13.1. The molecule has 0 aromatic heterocycles. The number of nitrogens with zero attached hydrogens (tertiary/aromatic N) is 1. The summed E-state index contributed by atoms with van der Waals surface area (Å²) in [5.74, 6) is -0.583. The average molecular weight is 293 g/mol. The fourth-order valence-corrected chi connectivity index (χ4v) is 2.07. The van der Waals surface area contributed by atoms with Gasteiger partial charge in [-0.2, -0.15) is 0 Å². The molecule has 0 radical (unpaired) electrons. The van der Waals surface area contributed by atoms with Gasteiger partial charge in [-0.25, -0.2) is 4.39 Å². The van der Waals surface area contributed by atoms with E-state index in [0.29, 0.717) is 28.4 Å². The molecule has 0 bridgehead atoms. The van der Waals surface area contributed by atoms with Crippen LogP contribution >= 0.6 is 11.6 Å². The Balaban J connectivity index is 2.18. The topological polar surface area (TPSA) is 46.3 Å². The van der Waals surface area contributed by atoms with E-state index in [4.69, 9.17) is 17.3 Å². The van der Waals surface area contributed by atoms with Crippen LogP contribution in [0.4, 0.5) is 10.1 Å². The molecule has 0 atom stereocenters. The highest BCUT2D eigenvalue weighted by Crippen LogP contribution is 2.20. The van der Waals surface area contributed by atoms with Crippen LogP contribution in [0.2, 0.25) is 5.02 Å². The molecule has 0 fully saturated rings. The van der Waals surface area contributed by atoms with Gasteiger partial charge in [-0.3, -0.25) is 4.79 Å². The molecule has 3 nitrogen and oxygen atoms in total. The summed E-state index contributed by atoms with van der Waals surface area (Å²) in [5, 5.41) is 0.446. The number of benzene rings is 2. The van der Waals surface area contributed by atoms with Crippen molar-refractivity contribution in [3.05, 3.63) is 64.4 Å². The van der Waals surface area contributed by atoms with Gasteiger partial charge in [0.15, 0.2) is 0 Å². The van der Waals surface area contributed by atoms with E-state index in [1.54, 1.807) is 31.3 Å². The second kappa shape index (κ2) is 5.92. The zero-order valence-electron chi connectivity index (χ0n) is 10.9. The van der Waals surface area contributed by atoms with E-state index in [1.807, 2.05) is 0 Å². The fourth-order valence-electron chi connectivity index (χ4n) is 1.90. The number of nitrogens with two attached hydrogens (primary N) is 1. The quantitative estimate of drug-likeness (QED) is 0.882. The Morgan fingerprint density at radius 2 is 2.05 bits per heavy atom. The summed E-state index contributed by atoms with van der Waals surface area (Å²) in [6.07, 6.45) is 0. The van der Waals surface area contributed by atoms with Crippen molar-refractivity contribution in [3.8, 4) is 0 Å². The summed E-state index contributed by atoms with van der Waals surface area (Å²) in [6, 6.07) is 10.9. The third kappa shape index (κ3) is 3.27. The third-order valence-corrected chi connectivity index (χ3v) is 3.14. The van der Waals surface area contributed by atoms with Crippen molar-refractivity contribution in [3.63, 3.8) is 0 Å². The number of halogens is 2. The van der Waals surface area contributed by atoms with Crippen LogP contribution < -0.4 is 5.73 Å². The molecule has 2 N–H and O–H groups in total. The summed E-state index contributed by atoms with van der Waals surface area (Å²) in [6.45, 7) is 0.294. The summed E-state index contributed by atoms with van der Waals surface area (Å²) in [5.41, 5.74) is 7.20. The number of anilines is 1. The van der Waals surface area contributed by atoms with Crippen LogP contribution in [0.25, 0.3) is 0 Å². The lowest BCUT2D eigenvalue weighted by Gasteiger charge is -2.18. The minimum atomic E-state index is -0.328. The molecular formula is C15H14ClFN2O. The number of amides is 1. The summed E-state index contributed by atoms with van der Waals surface area (Å²) in [4.78, 5) is 13.8. The van der Waals surface area contributed by atoms with Gasteiger partial charge in [0.2, 0.25) is 0 Å². The van der Waals surface area contributed by atoms with Gasteiger partial charge in [0.1, 0.15) is 5.82 Å². The van der Waals surface area contributed by atoms with Crippen molar-refractivity contribution in [1.29, 1.82) is 0 Å². The average Bonchev–Trinajstić information content (AvgIpc) is 2.40. The molecule has 0 heterocycles. The van der Waals surface area contributed by atoms with E-state index in [-0.39, 0.29) is 11.7 Å². The first-order chi connectivity index (χ1) is 9.47. The van der Waals surface area contributed by atoms with E-state index in [9.17, 15) is 9.18 Å². The number of hydrogen-bond acceptors (Lipinski definition) is 2. The highest BCUT2D eigenvalue weighted by molar-refractivity contribution is 6.31. The number of nitrogen functional groups attached to an aromatic ring is 1. The van der Waals surface area contributed by atoms with Gasteiger partial charge in [-0.15, -0.1) is 0 Å². The van der Waals surface area contributed by atoms with Crippen molar-refractivity contribution >= 4 is 23.2 Å². The Hall–Kier alpha value is -2.07. The maximum Gasteiger partial charge on any atom is 0.256 e. The van der Waals surface area contributed by atoms with Crippen LogP contribution in [0.3, 0.4) is 0 Å². The molecule has 0 saturated carbocycles. The van der Waals surface area contributed by atoms with Crippen LogP contribution in [0.15, 0.2) is 42.5 Å². The molecule has 0 spiro atoms. The molecule has 0 aliphatic carbocycles. The third-order valence-electron chi connectivity index (χ3n) is 2.90. The molecule has 5 heteroatoms. The molecule has 0 aliphatic heterocycles. The van der Waals surface area contributed by atoms with Crippen LogP contribution in [0.1, 0.15) is 15.9 Å². The van der Waals surface area contributed by atoms with Gasteiger partial charge in [-0.05, 0) is 35.9 Å². The predicted octanol–water partition coefficient (Wildman–Crippen LogP) is 3.33. The molecule has 2 aromatic rings. The number of rotatable bonds is 3. The summed E-state index contributed by atoms with van der Waals surface area (Å²) in [7, 11) is 1.63. The van der Waals surface area contributed by atoms with E-state index in [2.05, 4.69) is 0 Å². The van der Waals surface area contributed by atoms with Gasteiger partial charge < -0.3 is 10.6 Å². The molecule has 20 heavy (non-hydrogen) atoms. The number of carbonyl (C=O) groups excluding carboxylic acids is 1. The number of hydrogen-bond donors (Lipinski definition) is 1. The van der Waals surface area contributed by atoms with Crippen molar-refractivity contribution in [2.24, 2.45) is 0 Å². The molecule has 1 amide bonds. The molecule has 2 aromatic carbocycles. The Labute approximate surface area is 121 Å². The molecule has 104 valence electrons. The summed E-state index contributed by atoms with van der Waals surface area (Å²) < 4.78 is 13.1. The van der Waals surface area contributed by atoms with Crippen LogP contribution in [-0.2, 0) is 6.54 Å². The minimum absolute atomic E-state index is 0.255. The van der Waals surface area contributed by atoms with Crippen LogP contribution in [0, 0.1) is 5.82 Å². The van der Waals surface area contributed by atoms with Gasteiger partial charge in [0.05, 0.1) is 5.56 Å². The van der Waals surface area contributed by atoms with Gasteiger partial charge in [0, 0.05) is 24.3 Å². The lowest BCUT2D eigenvalue weighted by Crippen LogP contribution is -2.27. The molecule has 0 saturated heterocycles. The minimum Gasteiger partial charge on any atom is -0.398 e. The van der Waals surface area contributed by atoms with E-state index < -0.39 is 0 Å².